The van der Waals surface area contributed by atoms with Crippen molar-refractivity contribution in [3.05, 3.63) is 39.9 Å². The molecule has 0 saturated heterocycles. The van der Waals surface area contributed by atoms with Crippen LogP contribution in [0.2, 0.25) is 0 Å². The molecule has 82 valence electrons. The van der Waals surface area contributed by atoms with Gasteiger partial charge in [0.05, 0.1) is 0 Å². The first-order valence-electron chi connectivity index (χ1n) is 4.62. The van der Waals surface area contributed by atoms with E-state index in [9.17, 15) is 4.79 Å². The van der Waals surface area contributed by atoms with E-state index in [-0.39, 0.29) is 17.0 Å². The lowest BCUT2D eigenvalue weighted by Crippen LogP contribution is -2.24. The van der Waals surface area contributed by atoms with E-state index < -0.39 is 0 Å². The van der Waals surface area contributed by atoms with Crippen molar-refractivity contribution < 1.29 is 9.21 Å². The Morgan fingerprint density at radius 3 is 2.88 bits per heavy atom. The molecular formula is C11H9BrN2O2. The molecule has 0 bridgehead atoms. The molecule has 0 unspecified atom stereocenters. The van der Waals surface area contributed by atoms with Crippen LogP contribution in [0.4, 0.5) is 0 Å². The monoisotopic (exact) mass is 280 g/mol. The maximum absolute atomic E-state index is 11.5. The Hall–Kier alpha value is -1.62. The van der Waals surface area contributed by atoms with Gasteiger partial charge >= 0.3 is 0 Å². The van der Waals surface area contributed by atoms with Gasteiger partial charge in [0, 0.05) is 16.9 Å². The molecule has 4 nitrogen and oxygen atoms in total. The summed E-state index contributed by atoms with van der Waals surface area (Å²) in [5, 5.41) is 10.9. The summed E-state index contributed by atoms with van der Waals surface area (Å²) in [7, 11) is 1.52. The Kier molecular flexibility index (Phi) is 2.78. The third kappa shape index (κ3) is 1.86. The van der Waals surface area contributed by atoms with Crippen molar-refractivity contribution in [3.8, 4) is 0 Å². The Labute approximate surface area is 99.9 Å². The zero-order valence-electron chi connectivity index (χ0n) is 8.50. The Morgan fingerprint density at radius 1 is 1.44 bits per heavy atom. The number of hydrogen-bond donors (Lipinski definition) is 2. The highest BCUT2D eigenvalue weighted by atomic mass is 79.9. The normalized spacial score (nSPS) is 10.4. The smallest absolute Gasteiger partial charge is 0.256 e. The fourth-order valence-corrected chi connectivity index (χ4v) is 1.79. The minimum Gasteiger partial charge on any atom is -0.438 e. The summed E-state index contributed by atoms with van der Waals surface area (Å²) in [4.78, 5) is 11.5. The molecule has 1 amide bonds. The van der Waals surface area contributed by atoms with Crippen LogP contribution in [0.5, 0.6) is 0 Å². The van der Waals surface area contributed by atoms with Gasteiger partial charge < -0.3 is 9.73 Å². The predicted octanol–water partition coefficient (Wildman–Crippen LogP) is 2.03. The Balaban J connectivity index is 2.74. The van der Waals surface area contributed by atoms with Gasteiger partial charge in [-0.1, -0.05) is 15.9 Å². The highest BCUT2D eigenvalue weighted by Gasteiger charge is 2.09. The number of nitrogens with one attached hydrogen (secondary N) is 2. The maximum atomic E-state index is 11.5. The molecule has 0 spiro atoms. The van der Waals surface area contributed by atoms with Crippen molar-refractivity contribution in [3.63, 3.8) is 0 Å². The number of amides is 1. The number of carbonyl (C=O) groups excluding carboxylic acids is 1. The highest BCUT2D eigenvalue weighted by Crippen LogP contribution is 2.19. The lowest BCUT2D eigenvalue weighted by molar-refractivity contribution is 0.0959. The quantitative estimate of drug-likeness (QED) is 0.840. The molecule has 0 radical (unpaired) electrons. The van der Waals surface area contributed by atoms with Gasteiger partial charge in [0.15, 0.2) is 0 Å². The van der Waals surface area contributed by atoms with E-state index in [0.717, 1.165) is 9.86 Å². The molecule has 1 heterocycles. The third-order valence-corrected chi connectivity index (χ3v) is 2.69. The molecule has 1 aromatic carbocycles. The molecule has 0 fully saturated rings. The van der Waals surface area contributed by atoms with Crippen LogP contribution < -0.4 is 10.9 Å². The molecule has 0 saturated carbocycles. The molecule has 5 heteroatoms. The van der Waals surface area contributed by atoms with E-state index in [2.05, 4.69) is 21.2 Å². The van der Waals surface area contributed by atoms with Crippen LogP contribution in [0, 0.1) is 5.41 Å². The number of rotatable bonds is 1. The summed E-state index contributed by atoms with van der Waals surface area (Å²) in [6.45, 7) is 0. The van der Waals surface area contributed by atoms with Crippen LogP contribution in [0.25, 0.3) is 11.0 Å². The van der Waals surface area contributed by atoms with Crippen molar-refractivity contribution >= 4 is 32.8 Å². The van der Waals surface area contributed by atoms with Crippen molar-refractivity contribution in [2.75, 3.05) is 7.05 Å². The maximum Gasteiger partial charge on any atom is 0.256 e. The summed E-state index contributed by atoms with van der Waals surface area (Å²) in [6.07, 6.45) is 0. The second-order valence-electron chi connectivity index (χ2n) is 3.25. The van der Waals surface area contributed by atoms with Crippen LogP contribution in [0.1, 0.15) is 10.4 Å². The van der Waals surface area contributed by atoms with Crippen molar-refractivity contribution in [2.45, 2.75) is 0 Å². The molecular weight excluding hydrogens is 272 g/mol. The Bertz CT molecular complexity index is 619. The molecule has 0 aliphatic rings. The zero-order valence-corrected chi connectivity index (χ0v) is 10.1. The largest absolute Gasteiger partial charge is 0.438 e. The van der Waals surface area contributed by atoms with Crippen LogP contribution in [-0.2, 0) is 0 Å². The lowest BCUT2D eigenvalue weighted by atomic mass is 10.2. The van der Waals surface area contributed by atoms with E-state index >= 15 is 0 Å². The van der Waals surface area contributed by atoms with Gasteiger partial charge in [-0.2, -0.15) is 0 Å². The van der Waals surface area contributed by atoms with Crippen LogP contribution in [0.3, 0.4) is 0 Å². The number of halogens is 1. The van der Waals surface area contributed by atoms with Gasteiger partial charge in [-0.3, -0.25) is 10.2 Å². The fourth-order valence-electron chi connectivity index (χ4n) is 1.41. The van der Waals surface area contributed by atoms with E-state index in [0.29, 0.717) is 5.58 Å². The first kappa shape index (κ1) is 10.9. The van der Waals surface area contributed by atoms with E-state index in [4.69, 9.17) is 9.83 Å². The molecule has 0 aliphatic heterocycles. The Morgan fingerprint density at radius 2 is 2.19 bits per heavy atom. The number of benzene rings is 1. The predicted molar refractivity (Wildman–Crippen MR) is 63.2 cm³/mol. The van der Waals surface area contributed by atoms with Crippen molar-refractivity contribution in [2.24, 2.45) is 0 Å². The second-order valence-corrected chi connectivity index (χ2v) is 4.17. The SMILES string of the molecule is CNC(=O)c1cc2cc(Br)ccc2oc1=N. The van der Waals surface area contributed by atoms with Crippen molar-refractivity contribution in [1.29, 1.82) is 5.41 Å². The van der Waals surface area contributed by atoms with Crippen LogP contribution in [0.15, 0.2) is 33.2 Å². The zero-order chi connectivity index (χ0) is 11.7. The van der Waals surface area contributed by atoms with Gasteiger partial charge in [0.25, 0.3) is 5.91 Å². The fraction of sp³-hybridized carbons (Fsp3) is 0.0909. The van der Waals surface area contributed by atoms with Gasteiger partial charge in [-0.25, -0.2) is 0 Å². The van der Waals surface area contributed by atoms with Crippen LogP contribution >= 0.6 is 15.9 Å². The molecule has 0 aliphatic carbocycles. The highest BCUT2D eigenvalue weighted by molar-refractivity contribution is 9.10. The second kappa shape index (κ2) is 4.09. The molecule has 2 rings (SSSR count). The first-order valence-corrected chi connectivity index (χ1v) is 5.41. The number of carbonyl (C=O) groups is 1. The average Bonchev–Trinajstić information content (AvgIpc) is 2.28. The van der Waals surface area contributed by atoms with Gasteiger partial charge in [-0.05, 0) is 24.3 Å². The lowest BCUT2D eigenvalue weighted by Gasteiger charge is -2.02. The topological polar surface area (TPSA) is 66.1 Å². The van der Waals surface area contributed by atoms with E-state index in [1.54, 1.807) is 12.1 Å². The first-order chi connectivity index (χ1) is 7.61. The van der Waals surface area contributed by atoms with Crippen LogP contribution in [-0.4, -0.2) is 13.0 Å². The molecule has 0 atom stereocenters. The summed E-state index contributed by atoms with van der Waals surface area (Å²) < 4.78 is 6.15. The number of hydrogen-bond acceptors (Lipinski definition) is 3. The van der Waals surface area contributed by atoms with E-state index in [1.807, 2.05) is 12.1 Å². The summed E-state index contributed by atoms with van der Waals surface area (Å²) >= 11 is 3.34. The minimum atomic E-state index is -0.323. The number of fused-ring (bicyclic) bond motifs is 1. The summed E-state index contributed by atoms with van der Waals surface area (Å²) in [5.41, 5.74) is 0.683. The average molecular weight is 281 g/mol. The van der Waals surface area contributed by atoms with Gasteiger partial charge in [-0.15, -0.1) is 0 Å². The molecule has 2 N–H and O–H groups in total. The third-order valence-electron chi connectivity index (χ3n) is 2.20. The summed E-state index contributed by atoms with van der Waals surface area (Å²) in [5.74, 6) is -0.323. The molecule has 2 aromatic rings. The van der Waals surface area contributed by atoms with Crippen molar-refractivity contribution in [1.82, 2.24) is 5.32 Å². The minimum absolute atomic E-state index is 0.130. The molecule has 1 aromatic heterocycles. The molecule has 16 heavy (non-hydrogen) atoms. The van der Waals surface area contributed by atoms with Gasteiger partial charge in [0.2, 0.25) is 5.55 Å². The standard InChI is InChI=1S/C11H9BrN2O2/c1-14-11(15)8-5-6-4-7(12)2-3-9(6)16-10(8)13/h2-5,13H,1H3,(H,14,15). The van der Waals surface area contributed by atoms with Gasteiger partial charge in [0.1, 0.15) is 11.1 Å². The van der Waals surface area contributed by atoms with E-state index in [1.165, 1.54) is 7.05 Å². The summed E-state index contributed by atoms with van der Waals surface area (Å²) in [6, 6.07) is 7.06.